The molecular formula is C11H15N5S. The quantitative estimate of drug-likeness (QED) is 0.666. The third-order valence-corrected chi connectivity index (χ3v) is 3.18. The van der Waals surface area contributed by atoms with E-state index in [-0.39, 0.29) is 0 Å². The zero-order valence-electron chi connectivity index (χ0n) is 10.4. The number of anilines is 1. The highest BCUT2D eigenvalue weighted by Gasteiger charge is 2.08. The van der Waals surface area contributed by atoms with Crippen LogP contribution in [0.5, 0.6) is 0 Å². The monoisotopic (exact) mass is 249 g/mol. The van der Waals surface area contributed by atoms with Crippen LogP contribution in [0.2, 0.25) is 0 Å². The van der Waals surface area contributed by atoms with E-state index in [1.165, 1.54) is 11.8 Å². The summed E-state index contributed by atoms with van der Waals surface area (Å²) in [6, 6.07) is 1.91. The maximum Gasteiger partial charge on any atom is 0.191 e. The molecule has 1 N–H and O–H groups in total. The largest absolute Gasteiger partial charge is 0.373 e. The first-order valence-electron chi connectivity index (χ1n) is 5.27. The third-order valence-electron chi connectivity index (χ3n) is 2.63. The second kappa shape index (κ2) is 4.75. The van der Waals surface area contributed by atoms with Gasteiger partial charge in [-0.25, -0.2) is 15.0 Å². The van der Waals surface area contributed by atoms with Gasteiger partial charge in [0.25, 0.3) is 0 Å². The highest BCUT2D eigenvalue weighted by atomic mass is 32.2. The molecule has 0 amide bonds. The molecule has 6 heteroatoms. The minimum absolute atomic E-state index is 0.748. The van der Waals surface area contributed by atoms with Gasteiger partial charge < -0.3 is 5.32 Å². The molecule has 0 aliphatic carbocycles. The lowest BCUT2D eigenvalue weighted by Crippen LogP contribution is -2.03. The molecule has 0 aliphatic rings. The normalized spacial score (nSPS) is 10.6. The highest BCUT2D eigenvalue weighted by molar-refractivity contribution is 7.98. The van der Waals surface area contributed by atoms with E-state index in [1.54, 1.807) is 6.33 Å². The summed E-state index contributed by atoms with van der Waals surface area (Å²) in [6.45, 7) is 4.02. The molecule has 90 valence electrons. The Morgan fingerprint density at radius 1 is 1.29 bits per heavy atom. The molecule has 0 saturated heterocycles. The van der Waals surface area contributed by atoms with Crippen molar-refractivity contribution in [2.24, 2.45) is 0 Å². The van der Waals surface area contributed by atoms with Gasteiger partial charge in [-0.2, -0.15) is 0 Å². The van der Waals surface area contributed by atoms with E-state index >= 15 is 0 Å². The third kappa shape index (κ3) is 2.26. The predicted octanol–water partition coefficient (Wildman–Crippen LogP) is 2.04. The Hall–Kier alpha value is -1.56. The molecule has 2 heterocycles. The molecule has 0 atom stereocenters. The van der Waals surface area contributed by atoms with Gasteiger partial charge in [-0.05, 0) is 20.1 Å². The number of rotatable bonds is 3. The van der Waals surface area contributed by atoms with Gasteiger partial charge in [0.1, 0.15) is 18.0 Å². The van der Waals surface area contributed by atoms with Gasteiger partial charge in [0.2, 0.25) is 0 Å². The average molecular weight is 249 g/mol. The Labute approximate surface area is 105 Å². The number of nitrogens with one attached hydrogen (secondary N) is 1. The Morgan fingerprint density at radius 3 is 2.59 bits per heavy atom. The van der Waals surface area contributed by atoms with E-state index in [0.717, 1.165) is 28.2 Å². The van der Waals surface area contributed by atoms with Crippen LogP contribution in [0.4, 0.5) is 5.82 Å². The highest BCUT2D eigenvalue weighted by Crippen LogP contribution is 2.18. The van der Waals surface area contributed by atoms with Gasteiger partial charge in [0, 0.05) is 18.8 Å². The maximum absolute atomic E-state index is 4.48. The first kappa shape index (κ1) is 11.9. The SMILES string of the molecule is CNc1cc(-n2cnc(C)c2C)nc(SC)n1. The maximum atomic E-state index is 4.48. The number of thioether (sulfide) groups is 1. The zero-order valence-corrected chi connectivity index (χ0v) is 11.2. The molecule has 2 aromatic rings. The summed E-state index contributed by atoms with van der Waals surface area (Å²) < 4.78 is 1.97. The summed E-state index contributed by atoms with van der Waals surface area (Å²) in [5.41, 5.74) is 2.11. The van der Waals surface area contributed by atoms with Crippen molar-refractivity contribution in [3.8, 4) is 5.82 Å². The van der Waals surface area contributed by atoms with E-state index in [9.17, 15) is 0 Å². The van der Waals surface area contributed by atoms with Gasteiger partial charge in [0.15, 0.2) is 5.16 Å². The molecule has 0 fully saturated rings. The van der Waals surface area contributed by atoms with Gasteiger partial charge in [-0.1, -0.05) is 11.8 Å². The standard InChI is InChI=1S/C11H15N5S/c1-7-8(2)16(6-13-7)10-5-9(12-3)14-11(15-10)17-4/h5-6H,1-4H3,(H,12,14,15). The summed E-state index contributed by atoms with van der Waals surface area (Å²) in [4.78, 5) is 13.1. The van der Waals surface area contributed by atoms with Crippen LogP contribution in [-0.4, -0.2) is 32.8 Å². The van der Waals surface area contributed by atoms with Crippen LogP contribution < -0.4 is 5.32 Å². The van der Waals surface area contributed by atoms with Crippen molar-refractivity contribution in [1.29, 1.82) is 0 Å². The smallest absolute Gasteiger partial charge is 0.191 e. The van der Waals surface area contributed by atoms with Crippen molar-refractivity contribution in [1.82, 2.24) is 19.5 Å². The van der Waals surface area contributed by atoms with Crippen LogP contribution in [0.1, 0.15) is 11.4 Å². The van der Waals surface area contributed by atoms with Crippen LogP contribution in [0.15, 0.2) is 17.6 Å². The molecule has 17 heavy (non-hydrogen) atoms. The summed E-state index contributed by atoms with van der Waals surface area (Å²) >= 11 is 1.52. The van der Waals surface area contributed by atoms with Crippen molar-refractivity contribution in [3.05, 3.63) is 23.8 Å². The molecule has 5 nitrogen and oxygen atoms in total. The second-order valence-corrected chi connectivity index (χ2v) is 4.41. The van der Waals surface area contributed by atoms with Gasteiger partial charge >= 0.3 is 0 Å². The van der Waals surface area contributed by atoms with Crippen molar-refractivity contribution in [3.63, 3.8) is 0 Å². The van der Waals surface area contributed by atoms with Crippen LogP contribution in [0.25, 0.3) is 5.82 Å². The van der Waals surface area contributed by atoms with Crippen LogP contribution in [-0.2, 0) is 0 Å². The number of nitrogens with zero attached hydrogens (tertiary/aromatic N) is 4. The lowest BCUT2D eigenvalue weighted by atomic mass is 10.4. The summed E-state index contributed by atoms with van der Waals surface area (Å²) in [5, 5.41) is 3.79. The Bertz CT molecular complexity index is 512. The Balaban J connectivity index is 2.54. The zero-order chi connectivity index (χ0) is 12.4. The fraction of sp³-hybridized carbons (Fsp3) is 0.364. The molecule has 2 rings (SSSR count). The molecule has 0 unspecified atom stereocenters. The Kier molecular flexibility index (Phi) is 3.33. The molecule has 0 spiro atoms. The minimum atomic E-state index is 0.748. The summed E-state index contributed by atoms with van der Waals surface area (Å²) in [6.07, 6.45) is 3.75. The molecule has 0 saturated carbocycles. The molecular weight excluding hydrogens is 234 g/mol. The van der Waals surface area contributed by atoms with E-state index in [2.05, 4.69) is 20.3 Å². The average Bonchev–Trinajstić information content (AvgIpc) is 2.69. The van der Waals surface area contributed by atoms with Crippen molar-refractivity contribution < 1.29 is 0 Å². The van der Waals surface area contributed by atoms with Crippen LogP contribution >= 0.6 is 11.8 Å². The number of hydrogen-bond acceptors (Lipinski definition) is 5. The summed E-state index contributed by atoms with van der Waals surface area (Å²) in [7, 11) is 1.85. The van der Waals surface area contributed by atoms with Crippen molar-refractivity contribution >= 4 is 17.6 Å². The molecule has 0 bridgehead atoms. The predicted molar refractivity (Wildman–Crippen MR) is 70.0 cm³/mol. The lowest BCUT2D eigenvalue weighted by molar-refractivity contribution is 0.874. The van der Waals surface area contributed by atoms with Crippen molar-refractivity contribution in [2.45, 2.75) is 19.0 Å². The first-order chi connectivity index (χ1) is 8.15. The summed E-state index contributed by atoms with van der Waals surface area (Å²) in [5.74, 6) is 1.65. The van der Waals surface area contributed by atoms with E-state index in [0.29, 0.717) is 0 Å². The minimum Gasteiger partial charge on any atom is -0.373 e. The van der Waals surface area contributed by atoms with Gasteiger partial charge in [-0.3, -0.25) is 4.57 Å². The fourth-order valence-electron chi connectivity index (χ4n) is 1.49. The van der Waals surface area contributed by atoms with Gasteiger partial charge in [0.05, 0.1) is 5.69 Å². The fourth-order valence-corrected chi connectivity index (χ4v) is 1.86. The van der Waals surface area contributed by atoms with E-state index < -0.39 is 0 Å². The number of aromatic nitrogens is 4. The number of hydrogen-bond donors (Lipinski definition) is 1. The molecule has 0 aromatic carbocycles. The first-order valence-corrected chi connectivity index (χ1v) is 6.50. The van der Waals surface area contributed by atoms with E-state index in [1.807, 2.05) is 37.8 Å². The Morgan fingerprint density at radius 2 is 2.06 bits per heavy atom. The molecule has 0 radical (unpaired) electrons. The van der Waals surface area contributed by atoms with E-state index in [4.69, 9.17) is 0 Å². The van der Waals surface area contributed by atoms with Gasteiger partial charge in [-0.15, -0.1) is 0 Å². The van der Waals surface area contributed by atoms with Crippen LogP contribution in [0, 0.1) is 13.8 Å². The van der Waals surface area contributed by atoms with Crippen LogP contribution in [0.3, 0.4) is 0 Å². The molecule has 0 aliphatic heterocycles. The topological polar surface area (TPSA) is 55.6 Å². The second-order valence-electron chi connectivity index (χ2n) is 3.63. The van der Waals surface area contributed by atoms with Crippen molar-refractivity contribution in [2.75, 3.05) is 18.6 Å². The number of aryl methyl sites for hydroxylation is 1. The lowest BCUT2D eigenvalue weighted by Gasteiger charge is -2.08. The molecule has 2 aromatic heterocycles. The number of imidazole rings is 1.